The number of hydrogen-bond acceptors (Lipinski definition) is 3. The topological polar surface area (TPSA) is 61.9 Å². The second-order valence-electron chi connectivity index (χ2n) is 5.96. The number of ether oxygens (including phenoxy) is 1. The Morgan fingerprint density at radius 1 is 1.04 bits per heavy atom. The summed E-state index contributed by atoms with van der Waals surface area (Å²) < 4.78 is 5.12. The third-order valence-electron chi connectivity index (χ3n) is 4.05. The molecule has 26 heavy (non-hydrogen) atoms. The molecule has 0 radical (unpaired) electrons. The van der Waals surface area contributed by atoms with E-state index < -0.39 is 0 Å². The number of methoxy groups -OCH3 is 1. The van der Waals surface area contributed by atoms with Gasteiger partial charge in [0.1, 0.15) is 0 Å². The summed E-state index contributed by atoms with van der Waals surface area (Å²) in [5.74, 6) is -0.0459. The number of urea groups is 1. The van der Waals surface area contributed by atoms with Gasteiger partial charge in [-0.25, -0.2) is 4.79 Å². The minimum Gasteiger partial charge on any atom is -0.383 e. The molecular formula is C20H25N3O3. The summed E-state index contributed by atoms with van der Waals surface area (Å²) in [6.45, 7) is 2.96. The number of amides is 3. The van der Waals surface area contributed by atoms with Crippen molar-refractivity contribution in [3.05, 3.63) is 60.2 Å². The molecule has 0 fully saturated rings. The summed E-state index contributed by atoms with van der Waals surface area (Å²) in [5.41, 5.74) is 2.50. The smallest absolute Gasteiger partial charge is 0.322 e. The zero-order valence-electron chi connectivity index (χ0n) is 15.4. The van der Waals surface area contributed by atoms with Gasteiger partial charge in [0.05, 0.1) is 6.61 Å². The molecule has 0 aliphatic heterocycles. The molecule has 0 aliphatic rings. The van der Waals surface area contributed by atoms with Gasteiger partial charge in [-0.15, -0.1) is 0 Å². The fraction of sp³-hybridized carbons (Fsp3) is 0.300. The molecule has 0 aliphatic carbocycles. The van der Waals surface area contributed by atoms with Crippen molar-refractivity contribution in [3.8, 4) is 0 Å². The van der Waals surface area contributed by atoms with E-state index in [0.29, 0.717) is 25.4 Å². The molecule has 0 spiro atoms. The number of carbonyl (C=O) groups is 2. The van der Waals surface area contributed by atoms with Crippen LogP contribution in [-0.2, 0) is 16.1 Å². The molecule has 0 unspecified atom stereocenters. The van der Waals surface area contributed by atoms with Crippen molar-refractivity contribution >= 4 is 23.3 Å². The summed E-state index contributed by atoms with van der Waals surface area (Å²) >= 11 is 0. The highest BCUT2D eigenvalue weighted by Gasteiger charge is 2.14. The van der Waals surface area contributed by atoms with E-state index in [0.717, 1.165) is 11.3 Å². The lowest BCUT2D eigenvalue weighted by Gasteiger charge is -2.23. The second-order valence-corrected chi connectivity index (χ2v) is 5.96. The number of anilines is 2. The maximum atomic E-state index is 12.6. The van der Waals surface area contributed by atoms with Gasteiger partial charge in [0.15, 0.2) is 0 Å². The molecular weight excluding hydrogens is 330 g/mol. The maximum absolute atomic E-state index is 12.6. The van der Waals surface area contributed by atoms with Gasteiger partial charge >= 0.3 is 6.03 Å². The van der Waals surface area contributed by atoms with Crippen molar-refractivity contribution < 1.29 is 14.3 Å². The minimum atomic E-state index is -0.196. The van der Waals surface area contributed by atoms with Crippen LogP contribution in [0, 0.1) is 0 Å². The maximum Gasteiger partial charge on any atom is 0.322 e. The van der Waals surface area contributed by atoms with Gasteiger partial charge in [0, 0.05) is 45.5 Å². The van der Waals surface area contributed by atoms with E-state index in [9.17, 15) is 9.59 Å². The Balaban J connectivity index is 2.04. The Morgan fingerprint density at radius 2 is 1.69 bits per heavy atom. The van der Waals surface area contributed by atoms with Crippen LogP contribution in [0.1, 0.15) is 12.5 Å². The molecule has 1 N–H and O–H groups in total. The number of rotatable bonds is 7. The molecule has 0 heterocycles. The van der Waals surface area contributed by atoms with E-state index in [4.69, 9.17) is 4.74 Å². The monoisotopic (exact) mass is 355 g/mol. The third-order valence-corrected chi connectivity index (χ3v) is 4.05. The SMILES string of the molecule is COCCN(Cc1ccccc1)C(=O)Nc1ccc(N(C)C(C)=O)cc1. The fourth-order valence-electron chi connectivity index (χ4n) is 2.41. The first kappa shape index (κ1) is 19.5. The molecule has 0 saturated heterocycles. The molecule has 0 saturated carbocycles. The molecule has 2 aromatic carbocycles. The Hall–Kier alpha value is -2.86. The summed E-state index contributed by atoms with van der Waals surface area (Å²) in [4.78, 5) is 27.3. The van der Waals surface area contributed by atoms with Gasteiger partial charge in [-0.2, -0.15) is 0 Å². The second kappa shape index (κ2) is 9.58. The zero-order valence-corrected chi connectivity index (χ0v) is 15.4. The van der Waals surface area contributed by atoms with E-state index >= 15 is 0 Å². The molecule has 2 rings (SSSR count). The lowest BCUT2D eigenvalue weighted by atomic mass is 10.2. The summed E-state index contributed by atoms with van der Waals surface area (Å²) in [6.07, 6.45) is 0. The number of carbonyl (C=O) groups excluding carboxylic acids is 2. The van der Waals surface area contributed by atoms with Crippen molar-refractivity contribution in [2.45, 2.75) is 13.5 Å². The Kier molecular flexibility index (Phi) is 7.17. The van der Waals surface area contributed by atoms with Crippen LogP contribution in [0.3, 0.4) is 0 Å². The summed E-state index contributed by atoms with van der Waals surface area (Å²) in [7, 11) is 3.32. The number of benzene rings is 2. The fourth-order valence-corrected chi connectivity index (χ4v) is 2.41. The zero-order chi connectivity index (χ0) is 18.9. The highest BCUT2D eigenvalue weighted by molar-refractivity contribution is 5.92. The van der Waals surface area contributed by atoms with Gasteiger partial charge in [-0.05, 0) is 29.8 Å². The van der Waals surface area contributed by atoms with Crippen molar-refractivity contribution in [2.24, 2.45) is 0 Å². The number of nitrogens with zero attached hydrogens (tertiary/aromatic N) is 2. The molecule has 2 aromatic rings. The van der Waals surface area contributed by atoms with E-state index in [1.807, 2.05) is 30.3 Å². The molecule has 0 bridgehead atoms. The van der Waals surface area contributed by atoms with Crippen molar-refractivity contribution in [1.29, 1.82) is 0 Å². The van der Waals surface area contributed by atoms with Crippen LogP contribution in [0.15, 0.2) is 54.6 Å². The van der Waals surface area contributed by atoms with Crippen molar-refractivity contribution in [2.75, 3.05) is 37.5 Å². The van der Waals surface area contributed by atoms with Crippen LogP contribution in [0.25, 0.3) is 0 Å². The first-order chi connectivity index (χ1) is 12.5. The Bertz CT molecular complexity index is 717. The van der Waals surface area contributed by atoms with E-state index in [1.165, 1.54) is 6.92 Å². The predicted molar refractivity (Wildman–Crippen MR) is 103 cm³/mol. The van der Waals surface area contributed by atoms with Gasteiger partial charge in [-0.1, -0.05) is 30.3 Å². The van der Waals surface area contributed by atoms with Gasteiger partial charge in [-0.3, -0.25) is 4.79 Å². The number of nitrogens with one attached hydrogen (secondary N) is 1. The summed E-state index contributed by atoms with van der Waals surface area (Å²) in [6, 6.07) is 16.8. The van der Waals surface area contributed by atoms with Crippen LogP contribution in [0.2, 0.25) is 0 Å². The third kappa shape index (κ3) is 5.60. The quantitative estimate of drug-likeness (QED) is 0.828. The average Bonchev–Trinajstić information content (AvgIpc) is 2.65. The molecule has 138 valence electrons. The van der Waals surface area contributed by atoms with E-state index in [-0.39, 0.29) is 11.9 Å². The molecule has 0 aromatic heterocycles. The average molecular weight is 355 g/mol. The molecule has 0 atom stereocenters. The van der Waals surface area contributed by atoms with E-state index in [2.05, 4.69) is 5.32 Å². The first-order valence-corrected chi connectivity index (χ1v) is 8.44. The molecule has 3 amide bonds. The Morgan fingerprint density at radius 3 is 2.27 bits per heavy atom. The van der Waals surface area contributed by atoms with Crippen LogP contribution in [0.4, 0.5) is 16.2 Å². The number of hydrogen-bond donors (Lipinski definition) is 1. The highest BCUT2D eigenvalue weighted by Crippen LogP contribution is 2.17. The van der Waals surface area contributed by atoms with Gasteiger partial charge in [0.25, 0.3) is 0 Å². The van der Waals surface area contributed by atoms with Crippen molar-refractivity contribution in [1.82, 2.24) is 4.90 Å². The van der Waals surface area contributed by atoms with E-state index in [1.54, 1.807) is 48.2 Å². The summed E-state index contributed by atoms with van der Waals surface area (Å²) in [5, 5.41) is 2.89. The molecule has 6 nitrogen and oxygen atoms in total. The van der Waals surface area contributed by atoms with Crippen LogP contribution in [0.5, 0.6) is 0 Å². The van der Waals surface area contributed by atoms with Crippen molar-refractivity contribution in [3.63, 3.8) is 0 Å². The Labute approximate surface area is 154 Å². The van der Waals surface area contributed by atoms with Crippen LogP contribution >= 0.6 is 0 Å². The van der Waals surface area contributed by atoms with Gasteiger partial charge in [0.2, 0.25) is 5.91 Å². The lowest BCUT2D eigenvalue weighted by Crippen LogP contribution is -2.36. The predicted octanol–water partition coefficient (Wildman–Crippen LogP) is 3.35. The van der Waals surface area contributed by atoms with Crippen LogP contribution in [-0.4, -0.2) is 44.1 Å². The lowest BCUT2D eigenvalue weighted by molar-refractivity contribution is -0.116. The minimum absolute atomic E-state index is 0.0459. The van der Waals surface area contributed by atoms with Crippen LogP contribution < -0.4 is 10.2 Å². The largest absolute Gasteiger partial charge is 0.383 e. The normalized spacial score (nSPS) is 10.3. The van der Waals surface area contributed by atoms with Gasteiger partial charge < -0.3 is 19.9 Å². The molecule has 6 heteroatoms. The first-order valence-electron chi connectivity index (χ1n) is 8.44. The standard InChI is InChI=1S/C20H25N3O3/c1-16(24)22(2)19-11-9-18(10-12-19)21-20(25)23(13-14-26-3)15-17-7-5-4-6-8-17/h4-12H,13-15H2,1-3H3,(H,21,25). The highest BCUT2D eigenvalue weighted by atomic mass is 16.5.